The van der Waals surface area contributed by atoms with E-state index >= 15 is 0 Å². The molecule has 0 bridgehead atoms. The normalized spacial score (nSPS) is 22.5. The summed E-state index contributed by atoms with van der Waals surface area (Å²) in [7, 11) is 0. The number of likely N-dealkylation sites (tertiary alicyclic amines) is 1. The molecular weight excluding hydrogens is 363 g/mol. The summed E-state index contributed by atoms with van der Waals surface area (Å²) in [6, 6.07) is 8.51. The number of carbonyl (C=O) groups excluding carboxylic acids is 1. The lowest BCUT2D eigenvalue weighted by Gasteiger charge is -2.30. The van der Waals surface area contributed by atoms with Gasteiger partial charge in [-0.1, -0.05) is 6.07 Å². The van der Waals surface area contributed by atoms with Crippen LogP contribution >= 0.6 is 22.6 Å². The monoisotopic (exact) mass is 387 g/mol. The highest BCUT2D eigenvalue weighted by molar-refractivity contribution is 14.1. The minimum absolute atomic E-state index is 0.0465. The number of rotatable bonds is 5. The van der Waals surface area contributed by atoms with E-state index in [-0.39, 0.29) is 5.91 Å². The van der Waals surface area contributed by atoms with Crippen LogP contribution in [0.3, 0.4) is 0 Å². The van der Waals surface area contributed by atoms with Crippen molar-refractivity contribution < 1.29 is 9.69 Å². The molecule has 4 heteroatoms. The number of halogens is 1. The third-order valence-electron chi connectivity index (χ3n) is 4.13. The third-order valence-corrected chi connectivity index (χ3v) is 4.80. The Morgan fingerprint density at radius 2 is 2.30 bits per heavy atom. The molecule has 1 amide bonds. The fourth-order valence-electron chi connectivity index (χ4n) is 2.87. The van der Waals surface area contributed by atoms with Gasteiger partial charge in [-0.05, 0) is 67.0 Å². The van der Waals surface area contributed by atoms with E-state index in [0.717, 1.165) is 28.1 Å². The average Bonchev–Trinajstić information content (AvgIpc) is 2.45. The second-order valence-corrected chi connectivity index (χ2v) is 6.92. The second-order valence-electron chi connectivity index (χ2n) is 5.67. The van der Waals surface area contributed by atoms with Gasteiger partial charge in [-0.15, -0.1) is 0 Å². The molecule has 2 atom stereocenters. The Morgan fingerprint density at radius 3 is 3.05 bits per heavy atom. The quantitative estimate of drug-likeness (QED) is 0.587. The zero-order valence-electron chi connectivity index (χ0n) is 12.1. The number of hydrogen-bond acceptors (Lipinski definition) is 1. The third kappa shape index (κ3) is 4.74. The Balaban J connectivity index is 1.69. The molecule has 110 valence electrons. The number of benzene rings is 1. The molecule has 1 fully saturated rings. The number of nitrogens with one attached hydrogen (secondary N) is 2. The van der Waals surface area contributed by atoms with Gasteiger partial charge in [0, 0.05) is 22.1 Å². The lowest BCUT2D eigenvalue weighted by Crippen LogP contribution is -3.16. The topological polar surface area (TPSA) is 33.5 Å². The fraction of sp³-hybridized carbons (Fsp3) is 0.562. The maximum absolute atomic E-state index is 12.0. The van der Waals surface area contributed by atoms with Crippen LogP contribution in [0.2, 0.25) is 0 Å². The van der Waals surface area contributed by atoms with E-state index in [9.17, 15) is 4.79 Å². The predicted molar refractivity (Wildman–Crippen MR) is 90.1 cm³/mol. The maximum Gasteiger partial charge on any atom is 0.251 e. The summed E-state index contributed by atoms with van der Waals surface area (Å²) in [5.74, 6) is 0.0465. The Morgan fingerprint density at radius 1 is 1.45 bits per heavy atom. The van der Waals surface area contributed by atoms with Crippen LogP contribution in [0, 0.1) is 3.57 Å². The molecule has 0 radical (unpaired) electrons. The minimum atomic E-state index is 0.0465. The molecule has 2 rings (SSSR count). The molecule has 1 heterocycles. The number of carbonyl (C=O) groups is 1. The van der Waals surface area contributed by atoms with E-state index in [4.69, 9.17) is 0 Å². The molecule has 1 saturated heterocycles. The highest BCUT2D eigenvalue weighted by Crippen LogP contribution is 2.07. The Bertz CT molecular complexity index is 450. The molecule has 0 saturated carbocycles. The van der Waals surface area contributed by atoms with E-state index in [0.29, 0.717) is 0 Å². The molecule has 1 unspecified atom stereocenters. The largest absolute Gasteiger partial charge is 0.352 e. The van der Waals surface area contributed by atoms with E-state index in [1.807, 2.05) is 24.3 Å². The summed E-state index contributed by atoms with van der Waals surface area (Å²) in [5.41, 5.74) is 0.760. The van der Waals surface area contributed by atoms with Crippen molar-refractivity contribution in [3.8, 4) is 0 Å². The number of hydrogen-bond donors (Lipinski definition) is 2. The van der Waals surface area contributed by atoms with Gasteiger partial charge in [-0.25, -0.2) is 0 Å². The minimum Gasteiger partial charge on any atom is -0.352 e. The van der Waals surface area contributed by atoms with E-state index < -0.39 is 0 Å². The Labute approximate surface area is 135 Å². The van der Waals surface area contributed by atoms with Gasteiger partial charge in [-0.2, -0.15) is 0 Å². The van der Waals surface area contributed by atoms with Crippen LogP contribution in [-0.2, 0) is 0 Å². The molecule has 20 heavy (non-hydrogen) atoms. The molecule has 2 N–H and O–H groups in total. The van der Waals surface area contributed by atoms with Gasteiger partial charge in [0.25, 0.3) is 5.91 Å². The number of amides is 1. The van der Waals surface area contributed by atoms with Crippen molar-refractivity contribution in [2.45, 2.75) is 38.6 Å². The molecule has 0 spiro atoms. The van der Waals surface area contributed by atoms with Crippen LogP contribution in [-0.4, -0.2) is 31.6 Å². The fourth-order valence-corrected chi connectivity index (χ4v) is 3.42. The molecule has 1 aromatic carbocycles. The van der Waals surface area contributed by atoms with Crippen LogP contribution in [0.5, 0.6) is 0 Å². The van der Waals surface area contributed by atoms with Gasteiger partial charge in [0.2, 0.25) is 0 Å². The van der Waals surface area contributed by atoms with Crippen molar-refractivity contribution in [1.82, 2.24) is 5.32 Å². The van der Waals surface area contributed by atoms with Gasteiger partial charge in [0.1, 0.15) is 0 Å². The first kappa shape index (κ1) is 15.8. The summed E-state index contributed by atoms with van der Waals surface area (Å²) in [6.07, 6.45) is 5.15. The highest BCUT2D eigenvalue weighted by atomic mass is 127. The van der Waals surface area contributed by atoms with Crippen LogP contribution in [0.25, 0.3) is 0 Å². The van der Waals surface area contributed by atoms with Crippen LogP contribution in [0.1, 0.15) is 43.0 Å². The highest BCUT2D eigenvalue weighted by Gasteiger charge is 2.20. The van der Waals surface area contributed by atoms with Gasteiger partial charge in [0.15, 0.2) is 0 Å². The number of piperidine rings is 1. The van der Waals surface area contributed by atoms with E-state index in [1.54, 1.807) is 4.90 Å². The first-order valence-electron chi connectivity index (χ1n) is 7.55. The standard InChI is InChI=1S/C16H23IN2O/c1-13-6-2-3-10-19(13)11-5-9-18-16(20)14-7-4-8-15(17)12-14/h4,7-8,12-13H,2-3,5-6,9-11H2,1H3,(H,18,20)/p+1/t13-/m0/s1. The molecule has 1 aliphatic heterocycles. The summed E-state index contributed by atoms with van der Waals surface area (Å²) < 4.78 is 1.10. The first-order valence-corrected chi connectivity index (χ1v) is 8.63. The van der Waals surface area contributed by atoms with Crippen molar-refractivity contribution in [3.05, 3.63) is 33.4 Å². The van der Waals surface area contributed by atoms with E-state index in [2.05, 4.69) is 34.8 Å². The maximum atomic E-state index is 12.0. The SMILES string of the molecule is C[C@H]1CCCC[NH+]1CCCNC(=O)c1cccc(I)c1. The van der Waals surface area contributed by atoms with Gasteiger partial charge in [0.05, 0.1) is 19.1 Å². The Kier molecular flexibility index (Phi) is 6.29. The van der Waals surface area contributed by atoms with Crippen LogP contribution < -0.4 is 10.2 Å². The summed E-state index contributed by atoms with van der Waals surface area (Å²) in [5, 5.41) is 3.02. The molecular formula is C16H24IN2O+. The first-order chi connectivity index (χ1) is 9.66. The lowest BCUT2D eigenvalue weighted by molar-refractivity contribution is -0.928. The molecule has 0 aliphatic carbocycles. The van der Waals surface area contributed by atoms with Crippen molar-refractivity contribution in [2.75, 3.05) is 19.6 Å². The van der Waals surface area contributed by atoms with Crippen molar-refractivity contribution in [2.24, 2.45) is 0 Å². The molecule has 0 aromatic heterocycles. The second kappa shape index (κ2) is 7.98. The van der Waals surface area contributed by atoms with Crippen molar-refractivity contribution in [1.29, 1.82) is 0 Å². The predicted octanol–water partition coefficient (Wildman–Crippen LogP) is 1.87. The van der Waals surface area contributed by atoms with Gasteiger partial charge >= 0.3 is 0 Å². The zero-order chi connectivity index (χ0) is 14.4. The number of quaternary nitrogens is 1. The smallest absolute Gasteiger partial charge is 0.251 e. The lowest BCUT2D eigenvalue weighted by atomic mass is 10.0. The Hall–Kier alpha value is -0.620. The summed E-state index contributed by atoms with van der Waals surface area (Å²) >= 11 is 2.23. The van der Waals surface area contributed by atoms with Crippen LogP contribution in [0.15, 0.2) is 24.3 Å². The molecule has 1 aromatic rings. The van der Waals surface area contributed by atoms with Crippen LogP contribution in [0.4, 0.5) is 0 Å². The van der Waals surface area contributed by atoms with Crippen molar-refractivity contribution >= 4 is 28.5 Å². The summed E-state index contributed by atoms with van der Waals surface area (Å²) in [6.45, 7) is 5.60. The average molecular weight is 387 g/mol. The molecule has 1 aliphatic rings. The summed E-state index contributed by atoms with van der Waals surface area (Å²) in [4.78, 5) is 13.7. The zero-order valence-corrected chi connectivity index (χ0v) is 14.3. The molecule has 3 nitrogen and oxygen atoms in total. The van der Waals surface area contributed by atoms with Gasteiger partial charge < -0.3 is 10.2 Å². The van der Waals surface area contributed by atoms with Crippen molar-refractivity contribution in [3.63, 3.8) is 0 Å². The van der Waals surface area contributed by atoms with E-state index in [1.165, 1.54) is 32.4 Å². The van der Waals surface area contributed by atoms with Gasteiger partial charge in [-0.3, -0.25) is 4.79 Å².